The normalized spacial score (nSPS) is 21.3. The standard InChI is InChI=1S/C27H34F3N5O2/c1-3-11-26(37,12-4-2)18-5-8-21(9-6-18)35-15-20(16-35)34-24(36)14-31-25-22-13-19(27(28,29)30)7-10-23(22)32-17-33-25/h3-4,7,10,13,17-18,20-21,37H,1-2,5-6,8-9,11-12,14-16H2,(H,34,36)(H,31,32,33). The second kappa shape index (κ2) is 11.2. The lowest BCUT2D eigenvalue weighted by Crippen LogP contribution is -2.63. The zero-order valence-corrected chi connectivity index (χ0v) is 20.8. The van der Waals surface area contributed by atoms with E-state index in [1.54, 1.807) is 12.2 Å². The lowest BCUT2D eigenvalue weighted by Gasteiger charge is -2.48. The van der Waals surface area contributed by atoms with E-state index in [4.69, 9.17) is 0 Å². The van der Waals surface area contributed by atoms with Crippen LogP contribution in [0, 0.1) is 5.92 Å². The quantitative estimate of drug-likeness (QED) is 0.407. The third-order valence-corrected chi connectivity index (χ3v) is 7.62. The van der Waals surface area contributed by atoms with E-state index in [0.717, 1.165) is 50.9 Å². The maximum atomic E-state index is 13.1. The summed E-state index contributed by atoms with van der Waals surface area (Å²) in [6, 6.07) is 3.73. The molecule has 1 aliphatic carbocycles. The molecule has 1 saturated carbocycles. The van der Waals surface area contributed by atoms with E-state index in [2.05, 4.69) is 38.7 Å². The van der Waals surface area contributed by atoms with Crippen molar-refractivity contribution in [2.75, 3.05) is 25.0 Å². The highest BCUT2D eigenvalue weighted by Gasteiger charge is 2.40. The molecule has 3 N–H and O–H groups in total. The zero-order chi connectivity index (χ0) is 26.6. The summed E-state index contributed by atoms with van der Waals surface area (Å²) in [6.45, 7) is 8.99. The Hall–Kier alpha value is -2.98. The molecule has 7 nitrogen and oxygen atoms in total. The third kappa shape index (κ3) is 6.30. The van der Waals surface area contributed by atoms with Gasteiger partial charge in [-0.2, -0.15) is 13.2 Å². The predicted octanol–water partition coefficient (Wildman–Crippen LogP) is 4.30. The molecule has 2 fully saturated rings. The molecule has 0 spiro atoms. The first-order valence-electron chi connectivity index (χ1n) is 12.7. The zero-order valence-electron chi connectivity index (χ0n) is 20.8. The van der Waals surface area contributed by atoms with Crippen LogP contribution in [0.1, 0.15) is 44.1 Å². The first-order chi connectivity index (χ1) is 17.6. The van der Waals surface area contributed by atoms with Crippen LogP contribution in [-0.2, 0) is 11.0 Å². The van der Waals surface area contributed by atoms with Gasteiger partial charge in [-0.3, -0.25) is 9.69 Å². The summed E-state index contributed by atoms with van der Waals surface area (Å²) in [5.41, 5.74) is -1.20. The highest BCUT2D eigenvalue weighted by Crippen LogP contribution is 2.39. The van der Waals surface area contributed by atoms with Crippen LogP contribution in [0.15, 0.2) is 49.8 Å². The van der Waals surface area contributed by atoms with Gasteiger partial charge in [0.05, 0.1) is 29.3 Å². The van der Waals surface area contributed by atoms with Crippen molar-refractivity contribution >= 4 is 22.6 Å². The van der Waals surface area contributed by atoms with Crippen molar-refractivity contribution in [1.82, 2.24) is 20.2 Å². The number of aliphatic hydroxyl groups is 1. The molecule has 2 aromatic rings. The summed E-state index contributed by atoms with van der Waals surface area (Å²) in [6.07, 6.45) is 5.36. The summed E-state index contributed by atoms with van der Waals surface area (Å²) in [4.78, 5) is 22.9. The summed E-state index contributed by atoms with van der Waals surface area (Å²) in [7, 11) is 0. The molecule has 1 amide bonds. The van der Waals surface area contributed by atoms with Gasteiger partial charge < -0.3 is 15.7 Å². The Morgan fingerprint density at radius 3 is 2.41 bits per heavy atom. The number of hydrogen-bond acceptors (Lipinski definition) is 6. The van der Waals surface area contributed by atoms with Crippen molar-refractivity contribution in [3.05, 3.63) is 55.4 Å². The van der Waals surface area contributed by atoms with E-state index in [0.29, 0.717) is 24.4 Å². The molecule has 1 aliphatic heterocycles. The average molecular weight is 518 g/mol. The van der Waals surface area contributed by atoms with Gasteiger partial charge in [-0.1, -0.05) is 12.2 Å². The largest absolute Gasteiger partial charge is 0.416 e. The van der Waals surface area contributed by atoms with Crippen LogP contribution in [0.25, 0.3) is 10.9 Å². The number of carbonyl (C=O) groups excluding carboxylic acids is 1. The first kappa shape index (κ1) is 27.1. The number of fused-ring (bicyclic) bond motifs is 1. The SMILES string of the molecule is C=CCC(O)(CC=C)C1CCC(N2CC(NC(=O)CNc3ncnc4ccc(C(F)(F)F)cc34)C2)CC1. The van der Waals surface area contributed by atoms with Crippen LogP contribution < -0.4 is 10.6 Å². The molecule has 1 aromatic heterocycles. The van der Waals surface area contributed by atoms with Crippen molar-refractivity contribution in [2.45, 2.75) is 62.4 Å². The molecule has 1 saturated heterocycles. The van der Waals surface area contributed by atoms with E-state index in [-0.39, 0.29) is 35.6 Å². The number of anilines is 1. The molecule has 2 heterocycles. The minimum absolute atomic E-state index is 0.0319. The van der Waals surface area contributed by atoms with Crippen molar-refractivity contribution in [3.63, 3.8) is 0 Å². The van der Waals surface area contributed by atoms with Gasteiger partial charge in [0.15, 0.2) is 0 Å². The Bertz CT molecular complexity index is 1110. The fourth-order valence-corrected chi connectivity index (χ4v) is 5.61. The number of likely N-dealkylation sites (tertiary alicyclic amines) is 1. The minimum Gasteiger partial charge on any atom is -0.389 e. The summed E-state index contributed by atoms with van der Waals surface area (Å²) in [5.74, 6) is 0.171. The maximum Gasteiger partial charge on any atom is 0.416 e. The lowest BCUT2D eigenvalue weighted by molar-refractivity contribution is -0.137. The molecule has 0 bridgehead atoms. The van der Waals surface area contributed by atoms with Gasteiger partial charge in [0.1, 0.15) is 12.1 Å². The molecule has 10 heteroatoms. The smallest absolute Gasteiger partial charge is 0.389 e. The Balaban J connectivity index is 1.23. The van der Waals surface area contributed by atoms with Gasteiger partial charge in [0.25, 0.3) is 0 Å². The highest BCUT2D eigenvalue weighted by atomic mass is 19.4. The van der Waals surface area contributed by atoms with Crippen molar-refractivity contribution < 1.29 is 23.1 Å². The van der Waals surface area contributed by atoms with E-state index in [1.165, 1.54) is 12.4 Å². The van der Waals surface area contributed by atoms with Crippen LogP contribution in [-0.4, -0.2) is 63.2 Å². The number of nitrogens with zero attached hydrogens (tertiary/aromatic N) is 3. The average Bonchev–Trinajstić information content (AvgIpc) is 2.84. The Morgan fingerprint density at radius 1 is 1.11 bits per heavy atom. The number of aromatic nitrogens is 2. The van der Waals surface area contributed by atoms with Crippen LogP contribution >= 0.6 is 0 Å². The number of benzene rings is 1. The van der Waals surface area contributed by atoms with Gasteiger partial charge in [-0.05, 0) is 62.6 Å². The Morgan fingerprint density at radius 2 is 1.78 bits per heavy atom. The summed E-state index contributed by atoms with van der Waals surface area (Å²) < 4.78 is 39.3. The van der Waals surface area contributed by atoms with E-state index in [1.807, 2.05) is 0 Å². The molecular formula is C27H34F3N5O2. The number of hydrogen-bond donors (Lipinski definition) is 3. The molecular weight excluding hydrogens is 483 g/mol. The van der Waals surface area contributed by atoms with Crippen LogP contribution in [0.3, 0.4) is 0 Å². The fraction of sp³-hybridized carbons (Fsp3) is 0.519. The number of rotatable bonds is 10. The number of halogens is 3. The van der Waals surface area contributed by atoms with Crippen molar-refractivity contribution in [2.24, 2.45) is 5.92 Å². The third-order valence-electron chi connectivity index (χ3n) is 7.62. The maximum absolute atomic E-state index is 13.1. The Labute approximate surface area is 214 Å². The highest BCUT2D eigenvalue weighted by molar-refractivity contribution is 5.91. The van der Waals surface area contributed by atoms with Gasteiger partial charge in [0.2, 0.25) is 5.91 Å². The molecule has 1 aromatic carbocycles. The summed E-state index contributed by atoms with van der Waals surface area (Å²) >= 11 is 0. The Kier molecular flexibility index (Phi) is 8.18. The number of amides is 1. The van der Waals surface area contributed by atoms with Gasteiger partial charge >= 0.3 is 6.18 Å². The van der Waals surface area contributed by atoms with E-state index in [9.17, 15) is 23.1 Å². The fourth-order valence-electron chi connectivity index (χ4n) is 5.61. The number of carbonyl (C=O) groups is 1. The van der Waals surface area contributed by atoms with Crippen LogP contribution in [0.2, 0.25) is 0 Å². The molecule has 37 heavy (non-hydrogen) atoms. The summed E-state index contributed by atoms with van der Waals surface area (Å²) in [5, 5.41) is 17.1. The van der Waals surface area contributed by atoms with Gasteiger partial charge in [0, 0.05) is 24.5 Å². The van der Waals surface area contributed by atoms with E-state index >= 15 is 0 Å². The molecule has 200 valence electrons. The molecule has 4 rings (SSSR count). The molecule has 0 radical (unpaired) electrons. The van der Waals surface area contributed by atoms with Gasteiger partial charge in [-0.25, -0.2) is 9.97 Å². The molecule has 0 atom stereocenters. The van der Waals surface area contributed by atoms with E-state index < -0.39 is 17.3 Å². The van der Waals surface area contributed by atoms with Crippen LogP contribution in [0.5, 0.6) is 0 Å². The minimum atomic E-state index is -4.48. The number of nitrogens with one attached hydrogen (secondary N) is 2. The van der Waals surface area contributed by atoms with Crippen molar-refractivity contribution in [3.8, 4) is 0 Å². The topological polar surface area (TPSA) is 90.4 Å². The second-order valence-electron chi connectivity index (χ2n) is 10.1. The second-order valence-corrected chi connectivity index (χ2v) is 10.1. The monoisotopic (exact) mass is 517 g/mol. The molecule has 0 unspecified atom stereocenters. The van der Waals surface area contributed by atoms with Gasteiger partial charge in [-0.15, -0.1) is 13.2 Å². The number of alkyl halides is 3. The lowest BCUT2D eigenvalue weighted by atomic mass is 9.72. The van der Waals surface area contributed by atoms with Crippen LogP contribution in [0.4, 0.5) is 19.0 Å². The first-order valence-corrected chi connectivity index (χ1v) is 12.7. The predicted molar refractivity (Wildman–Crippen MR) is 137 cm³/mol. The van der Waals surface area contributed by atoms with Crippen molar-refractivity contribution in [1.29, 1.82) is 0 Å². The molecule has 2 aliphatic rings.